The number of aliphatic hydroxyl groups is 2. The van der Waals surface area contributed by atoms with Crippen molar-refractivity contribution < 1.29 is 24.5 Å². The zero-order chi connectivity index (χ0) is 55.7. The lowest BCUT2D eigenvalue weighted by Crippen LogP contribution is -2.45. The number of aliphatic hydroxyl groups excluding tert-OH is 2. The molecule has 454 valence electrons. The Balaban J connectivity index is 3.35. The van der Waals surface area contributed by atoms with E-state index in [1.807, 2.05) is 0 Å². The number of amides is 1. The largest absolute Gasteiger partial charge is 0.466 e. The minimum absolute atomic E-state index is 0.00769. The van der Waals surface area contributed by atoms with Crippen LogP contribution in [0.4, 0.5) is 0 Å². The maximum Gasteiger partial charge on any atom is 0.305 e. The summed E-state index contributed by atoms with van der Waals surface area (Å²) in [4.78, 5) is 24.5. The Hall–Kier alpha value is -1.92. The number of hydrogen-bond acceptors (Lipinski definition) is 5. The van der Waals surface area contributed by atoms with Crippen LogP contribution in [0.5, 0.6) is 0 Å². The average molecular weight is 1080 g/mol. The van der Waals surface area contributed by atoms with Crippen molar-refractivity contribution in [2.75, 3.05) is 13.2 Å². The number of carbonyl (C=O) groups is 2. The van der Waals surface area contributed by atoms with Crippen LogP contribution >= 0.6 is 0 Å². The number of esters is 1. The van der Waals surface area contributed by atoms with E-state index in [0.717, 1.165) is 51.4 Å². The van der Waals surface area contributed by atoms with Gasteiger partial charge in [-0.1, -0.05) is 326 Å². The van der Waals surface area contributed by atoms with Crippen LogP contribution in [0.15, 0.2) is 36.5 Å². The van der Waals surface area contributed by atoms with Crippen LogP contribution in [-0.4, -0.2) is 47.4 Å². The lowest BCUT2D eigenvalue weighted by Gasteiger charge is -2.22. The monoisotopic (exact) mass is 1080 g/mol. The van der Waals surface area contributed by atoms with Crippen molar-refractivity contribution >= 4 is 11.9 Å². The van der Waals surface area contributed by atoms with Crippen LogP contribution in [-0.2, 0) is 14.3 Å². The second-order valence-electron chi connectivity index (χ2n) is 23.9. The molecule has 0 heterocycles. The van der Waals surface area contributed by atoms with Crippen molar-refractivity contribution in [3.63, 3.8) is 0 Å². The molecule has 0 spiro atoms. The van der Waals surface area contributed by atoms with Crippen LogP contribution < -0.4 is 5.32 Å². The Bertz CT molecular complexity index is 1250. The average Bonchev–Trinajstić information content (AvgIpc) is 3.43. The molecule has 0 radical (unpaired) electrons. The first-order valence-corrected chi connectivity index (χ1v) is 34.7. The quantitative estimate of drug-likeness (QED) is 0.0320. The Kier molecular flexibility index (Phi) is 64.9. The molecule has 77 heavy (non-hydrogen) atoms. The molecule has 0 aromatic rings. The molecule has 6 heteroatoms. The standard InChI is InChI=1S/C71H135NO5/c1-3-5-7-9-11-13-15-44-47-51-55-59-63-69(74)68(67-73)72-70(75)64-60-56-52-48-45-41-39-37-35-33-31-29-27-25-23-21-19-17-16-18-20-22-24-26-28-30-32-34-36-38-40-42-46-50-54-58-62-66-77-71(76)65-61-57-53-49-43-14-12-10-8-6-4-2/h10,12,16,18,22,24,68-69,73-74H,3-9,11,13-15,17,19-21,23,25-67H2,1-2H3,(H,72,75)/b12-10-,18-16-,24-22-. The molecule has 0 aliphatic heterocycles. The molecule has 0 saturated heterocycles. The van der Waals surface area contributed by atoms with E-state index in [0.29, 0.717) is 25.9 Å². The van der Waals surface area contributed by atoms with E-state index in [1.54, 1.807) is 0 Å². The lowest BCUT2D eigenvalue weighted by atomic mass is 10.0. The third kappa shape index (κ3) is 63.1. The number of hydrogen-bond donors (Lipinski definition) is 3. The molecule has 0 aromatic heterocycles. The predicted octanol–water partition coefficient (Wildman–Crippen LogP) is 22.3. The highest BCUT2D eigenvalue weighted by molar-refractivity contribution is 5.76. The van der Waals surface area contributed by atoms with E-state index < -0.39 is 12.1 Å². The number of unbranched alkanes of at least 4 members (excludes halogenated alkanes) is 48. The van der Waals surface area contributed by atoms with Crippen molar-refractivity contribution in [1.82, 2.24) is 5.32 Å². The van der Waals surface area contributed by atoms with Gasteiger partial charge in [0.15, 0.2) is 0 Å². The zero-order valence-corrected chi connectivity index (χ0v) is 52.0. The highest BCUT2D eigenvalue weighted by Gasteiger charge is 2.20. The van der Waals surface area contributed by atoms with E-state index in [1.165, 1.54) is 295 Å². The number of ether oxygens (including phenoxy) is 1. The topological polar surface area (TPSA) is 95.9 Å². The summed E-state index contributed by atoms with van der Waals surface area (Å²) in [5.41, 5.74) is 0. The maximum atomic E-state index is 12.5. The SMILES string of the molecule is CCCC/C=C\CCCCCCCC(=O)OCCCCCCCCCCCCCCC/C=C\C/C=C\CCCCCCCCCCCCCCCCCCCC(=O)NC(CO)C(O)CCCCCCCCCCCCCC. The van der Waals surface area contributed by atoms with Crippen molar-refractivity contribution in [2.45, 2.75) is 392 Å². The number of carbonyl (C=O) groups excluding carboxylic acids is 2. The van der Waals surface area contributed by atoms with Crippen LogP contribution in [0.3, 0.4) is 0 Å². The van der Waals surface area contributed by atoms with Gasteiger partial charge in [0.05, 0.1) is 25.4 Å². The van der Waals surface area contributed by atoms with Gasteiger partial charge in [0, 0.05) is 12.8 Å². The Morgan fingerprint density at radius 1 is 0.364 bits per heavy atom. The molecule has 6 nitrogen and oxygen atoms in total. The van der Waals surface area contributed by atoms with E-state index in [-0.39, 0.29) is 18.5 Å². The van der Waals surface area contributed by atoms with E-state index in [4.69, 9.17) is 4.74 Å². The summed E-state index contributed by atoms with van der Waals surface area (Å²) in [6.07, 6.45) is 84.9. The van der Waals surface area contributed by atoms with Crippen molar-refractivity contribution in [2.24, 2.45) is 0 Å². The fourth-order valence-corrected chi connectivity index (χ4v) is 10.8. The van der Waals surface area contributed by atoms with Crippen LogP contribution in [0.25, 0.3) is 0 Å². The second kappa shape index (κ2) is 66.6. The molecule has 0 rings (SSSR count). The van der Waals surface area contributed by atoms with E-state index in [9.17, 15) is 19.8 Å². The summed E-state index contributed by atoms with van der Waals surface area (Å²) < 4.78 is 5.46. The fraction of sp³-hybridized carbons (Fsp3) is 0.887. The van der Waals surface area contributed by atoms with Gasteiger partial charge >= 0.3 is 5.97 Å². The molecule has 2 atom stereocenters. The summed E-state index contributed by atoms with van der Waals surface area (Å²) >= 11 is 0. The maximum absolute atomic E-state index is 12.5. The third-order valence-corrected chi connectivity index (χ3v) is 16.2. The van der Waals surface area contributed by atoms with Gasteiger partial charge in [-0.15, -0.1) is 0 Å². The zero-order valence-electron chi connectivity index (χ0n) is 52.0. The van der Waals surface area contributed by atoms with Crippen molar-refractivity contribution in [3.8, 4) is 0 Å². The molecule has 0 aromatic carbocycles. The van der Waals surface area contributed by atoms with Crippen molar-refractivity contribution in [3.05, 3.63) is 36.5 Å². The fourth-order valence-electron chi connectivity index (χ4n) is 10.8. The summed E-state index contributed by atoms with van der Waals surface area (Å²) in [7, 11) is 0. The van der Waals surface area contributed by atoms with Gasteiger partial charge in [-0.05, 0) is 77.0 Å². The first-order chi connectivity index (χ1) is 38.0. The number of rotatable bonds is 65. The molecule has 2 unspecified atom stereocenters. The smallest absolute Gasteiger partial charge is 0.305 e. The van der Waals surface area contributed by atoms with E-state index >= 15 is 0 Å². The second-order valence-corrected chi connectivity index (χ2v) is 23.9. The van der Waals surface area contributed by atoms with Gasteiger partial charge in [0.2, 0.25) is 5.91 Å². The van der Waals surface area contributed by atoms with Gasteiger partial charge in [0.1, 0.15) is 0 Å². The molecule has 0 aliphatic carbocycles. The minimum Gasteiger partial charge on any atom is -0.466 e. The molecule has 1 amide bonds. The molecule has 0 aliphatic rings. The highest BCUT2D eigenvalue weighted by Crippen LogP contribution is 2.18. The Labute approximate surface area is 481 Å². The number of allylic oxidation sites excluding steroid dienone is 6. The first-order valence-electron chi connectivity index (χ1n) is 34.7. The Morgan fingerprint density at radius 2 is 0.662 bits per heavy atom. The van der Waals surface area contributed by atoms with Crippen LogP contribution in [0.2, 0.25) is 0 Å². The number of nitrogens with one attached hydrogen (secondary N) is 1. The molecule has 3 N–H and O–H groups in total. The lowest BCUT2D eigenvalue weighted by molar-refractivity contribution is -0.143. The predicted molar refractivity (Wildman–Crippen MR) is 338 cm³/mol. The summed E-state index contributed by atoms with van der Waals surface area (Å²) in [5, 5.41) is 23.3. The molecular weight excluding hydrogens is 947 g/mol. The first kappa shape index (κ1) is 75.1. The Morgan fingerprint density at radius 3 is 1.04 bits per heavy atom. The molecule has 0 bridgehead atoms. The molecule has 0 saturated carbocycles. The van der Waals surface area contributed by atoms with Gasteiger partial charge in [-0.3, -0.25) is 9.59 Å². The normalized spacial score (nSPS) is 12.7. The van der Waals surface area contributed by atoms with Crippen LogP contribution in [0, 0.1) is 0 Å². The van der Waals surface area contributed by atoms with E-state index in [2.05, 4.69) is 55.6 Å². The summed E-state index contributed by atoms with van der Waals surface area (Å²) in [6, 6.07) is -0.538. The van der Waals surface area contributed by atoms with Crippen molar-refractivity contribution in [1.29, 1.82) is 0 Å². The summed E-state index contributed by atoms with van der Waals surface area (Å²) in [5.74, 6) is -0.0234. The van der Waals surface area contributed by atoms with Gasteiger partial charge < -0.3 is 20.3 Å². The van der Waals surface area contributed by atoms with Gasteiger partial charge in [-0.2, -0.15) is 0 Å². The summed E-state index contributed by atoms with van der Waals surface area (Å²) in [6.45, 7) is 4.93. The third-order valence-electron chi connectivity index (χ3n) is 16.2. The van der Waals surface area contributed by atoms with Crippen LogP contribution in [0.1, 0.15) is 380 Å². The van der Waals surface area contributed by atoms with Gasteiger partial charge in [-0.25, -0.2) is 0 Å². The molecule has 0 fully saturated rings. The van der Waals surface area contributed by atoms with Gasteiger partial charge in [0.25, 0.3) is 0 Å². The minimum atomic E-state index is -0.661. The highest BCUT2D eigenvalue weighted by atomic mass is 16.5. The molecular formula is C71H135NO5.